The molecular formula is C23H21ClF2N8S. The summed E-state index contributed by atoms with van der Waals surface area (Å²) in [6, 6.07) is 4.01. The van der Waals surface area contributed by atoms with Gasteiger partial charge < -0.3 is 21.4 Å². The lowest BCUT2D eigenvalue weighted by molar-refractivity contribution is 0.187. The van der Waals surface area contributed by atoms with E-state index < -0.39 is 11.6 Å². The molecule has 1 aliphatic carbocycles. The number of rotatable bonds is 3. The Bertz CT molecular complexity index is 1450. The Kier molecular flexibility index (Phi) is 5.31. The quantitative estimate of drug-likeness (QED) is 0.370. The van der Waals surface area contributed by atoms with Gasteiger partial charge in [-0.05, 0) is 54.0 Å². The largest absolute Gasteiger partial charge is 0.382 e. The lowest BCUT2D eigenvalue weighted by atomic mass is 9.73. The van der Waals surface area contributed by atoms with Crippen molar-refractivity contribution in [2.45, 2.75) is 35.2 Å². The van der Waals surface area contributed by atoms with Gasteiger partial charge in [-0.25, -0.2) is 23.7 Å². The van der Waals surface area contributed by atoms with Crippen molar-refractivity contribution in [1.29, 1.82) is 0 Å². The van der Waals surface area contributed by atoms with Crippen LogP contribution in [0.3, 0.4) is 0 Å². The van der Waals surface area contributed by atoms with Crippen LogP contribution in [0.15, 0.2) is 40.5 Å². The average molecular weight is 515 g/mol. The minimum atomic E-state index is -0.844. The molecule has 2 aliphatic rings. The molecule has 6 rings (SSSR count). The lowest BCUT2D eigenvalue weighted by Gasteiger charge is -2.42. The summed E-state index contributed by atoms with van der Waals surface area (Å²) in [5.41, 5.74) is 14.7. The Morgan fingerprint density at radius 3 is 2.71 bits per heavy atom. The van der Waals surface area contributed by atoms with Crippen LogP contribution in [0.5, 0.6) is 0 Å². The molecule has 180 valence electrons. The highest BCUT2D eigenvalue weighted by Gasteiger charge is 2.46. The number of halogens is 3. The third-order valence-corrected chi connectivity index (χ3v) is 8.52. The third kappa shape index (κ3) is 3.78. The average Bonchev–Trinajstić information content (AvgIpc) is 3.37. The molecule has 1 aromatic carbocycles. The summed E-state index contributed by atoms with van der Waals surface area (Å²) in [7, 11) is 0. The molecule has 0 saturated carbocycles. The van der Waals surface area contributed by atoms with Crippen molar-refractivity contribution < 1.29 is 8.78 Å². The van der Waals surface area contributed by atoms with Crippen molar-refractivity contribution in [3.63, 3.8) is 0 Å². The Hall–Kier alpha value is -3.02. The summed E-state index contributed by atoms with van der Waals surface area (Å²) in [5.74, 6) is -0.717. The van der Waals surface area contributed by atoms with E-state index in [1.165, 1.54) is 23.9 Å². The van der Waals surface area contributed by atoms with Crippen molar-refractivity contribution in [3.05, 3.63) is 58.4 Å². The van der Waals surface area contributed by atoms with Crippen LogP contribution in [0.4, 0.5) is 20.5 Å². The number of imidazole rings is 1. The Balaban J connectivity index is 1.19. The van der Waals surface area contributed by atoms with Crippen LogP contribution in [0.25, 0.3) is 11.3 Å². The highest BCUT2D eigenvalue weighted by Crippen LogP contribution is 2.51. The van der Waals surface area contributed by atoms with E-state index in [1.54, 1.807) is 18.5 Å². The van der Waals surface area contributed by atoms with Gasteiger partial charge in [0.1, 0.15) is 10.8 Å². The Morgan fingerprint density at radius 1 is 1.14 bits per heavy atom. The van der Waals surface area contributed by atoms with Crippen LogP contribution in [0.2, 0.25) is 5.02 Å². The van der Waals surface area contributed by atoms with E-state index in [9.17, 15) is 8.78 Å². The molecule has 1 fully saturated rings. The number of nitrogens with one attached hydrogen (secondary N) is 1. The van der Waals surface area contributed by atoms with E-state index in [2.05, 4.69) is 29.8 Å². The SMILES string of the molecule is Nc1nccc(Sc2cnc3nc(N4CCC5(CC4)Cc4cc(F)c(F)cc4[C@H]5N)[nH]c3n2)c1Cl. The summed E-state index contributed by atoms with van der Waals surface area (Å²) in [4.78, 5) is 23.8. The predicted molar refractivity (Wildman–Crippen MR) is 130 cm³/mol. The summed E-state index contributed by atoms with van der Waals surface area (Å²) in [6.45, 7) is 1.42. The van der Waals surface area contributed by atoms with E-state index in [-0.39, 0.29) is 17.3 Å². The number of nitrogens with two attached hydrogens (primary N) is 2. The van der Waals surface area contributed by atoms with Crippen LogP contribution in [-0.4, -0.2) is 38.0 Å². The molecule has 1 saturated heterocycles. The van der Waals surface area contributed by atoms with E-state index >= 15 is 0 Å². The summed E-state index contributed by atoms with van der Waals surface area (Å²) >= 11 is 7.59. The number of fused-ring (bicyclic) bond motifs is 2. The molecule has 0 unspecified atom stereocenters. The zero-order valence-electron chi connectivity index (χ0n) is 18.4. The van der Waals surface area contributed by atoms with E-state index in [4.69, 9.17) is 23.1 Å². The first-order valence-electron chi connectivity index (χ1n) is 11.1. The second-order valence-corrected chi connectivity index (χ2v) is 10.5. The number of hydrogen-bond donors (Lipinski definition) is 3. The van der Waals surface area contributed by atoms with E-state index in [0.717, 1.165) is 28.9 Å². The molecular weight excluding hydrogens is 494 g/mol. The smallest absolute Gasteiger partial charge is 0.206 e. The van der Waals surface area contributed by atoms with Crippen molar-refractivity contribution in [2.75, 3.05) is 23.7 Å². The molecule has 0 radical (unpaired) electrons. The summed E-state index contributed by atoms with van der Waals surface area (Å²) in [6.07, 6.45) is 5.46. The van der Waals surface area contributed by atoms with Crippen molar-refractivity contribution in [3.8, 4) is 0 Å². The molecule has 12 heteroatoms. The molecule has 5 N–H and O–H groups in total. The van der Waals surface area contributed by atoms with Gasteiger partial charge in [0.15, 0.2) is 22.9 Å². The zero-order valence-corrected chi connectivity index (χ0v) is 20.0. The molecule has 3 aromatic heterocycles. The number of aromatic amines is 1. The second kappa shape index (κ2) is 8.28. The fourth-order valence-corrected chi connectivity index (χ4v) is 6.13. The number of nitrogen functional groups attached to an aromatic ring is 1. The van der Waals surface area contributed by atoms with E-state index in [1.807, 2.05) is 0 Å². The second-order valence-electron chi connectivity index (χ2n) is 9.02. The summed E-state index contributed by atoms with van der Waals surface area (Å²) in [5, 5.41) is 1.02. The molecule has 1 aliphatic heterocycles. The van der Waals surface area contributed by atoms with Gasteiger partial charge in [0.25, 0.3) is 0 Å². The van der Waals surface area contributed by atoms with Gasteiger partial charge in [0, 0.05) is 30.2 Å². The number of nitrogens with zero attached hydrogens (tertiary/aromatic N) is 5. The van der Waals surface area contributed by atoms with Gasteiger partial charge in [-0.3, -0.25) is 0 Å². The van der Waals surface area contributed by atoms with Gasteiger partial charge in [-0.1, -0.05) is 23.4 Å². The van der Waals surface area contributed by atoms with Crippen molar-refractivity contribution in [1.82, 2.24) is 24.9 Å². The third-order valence-electron chi connectivity index (χ3n) is 7.05. The first-order chi connectivity index (χ1) is 16.8. The predicted octanol–water partition coefficient (Wildman–Crippen LogP) is 4.26. The highest BCUT2D eigenvalue weighted by atomic mass is 35.5. The van der Waals surface area contributed by atoms with Crippen LogP contribution in [0.1, 0.15) is 30.0 Å². The van der Waals surface area contributed by atoms with Crippen LogP contribution < -0.4 is 16.4 Å². The minimum absolute atomic E-state index is 0.211. The highest BCUT2D eigenvalue weighted by molar-refractivity contribution is 7.99. The van der Waals surface area contributed by atoms with Crippen LogP contribution >= 0.6 is 23.4 Å². The molecule has 1 spiro atoms. The maximum atomic E-state index is 13.8. The fourth-order valence-electron chi connectivity index (χ4n) is 5.11. The maximum absolute atomic E-state index is 13.8. The van der Waals surface area contributed by atoms with Gasteiger partial charge in [0.05, 0.1) is 11.2 Å². The van der Waals surface area contributed by atoms with Crippen molar-refractivity contribution >= 4 is 46.4 Å². The van der Waals surface area contributed by atoms with Gasteiger partial charge in [-0.15, -0.1) is 0 Å². The number of aromatic nitrogens is 5. The first-order valence-corrected chi connectivity index (χ1v) is 12.3. The Morgan fingerprint density at radius 2 is 1.91 bits per heavy atom. The monoisotopic (exact) mass is 514 g/mol. The zero-order chi connectivity index (χ0) is 24.3. The van der Waals surface area contributed by atoms with Crippen LogP contribution in [0, 0.1) is 17.0 Å². The van der Waals surface area contributed by atoms with E-state index in [0.29, 0.717) is 46.8 Å². The topological polar surface area (TPSA) is 123 Å². The minimum Gasteiger partial charge on any atom is -0.382 e. The number of anilines is 2. The van der Waals surface area contributed by atoms with Gasteiger partial charge in [-0.2, -0.15) is 4.98 Å². The molecule has 4 aromatic rings. The van der Waals surface area contributed by atoms with Crippen LogP contribution in [-0.2, 0) is 6.42 Å². The summed E-state index contributed by atoms with van der Waals surface area (Å²) < 4.78 is 27.6. The molecule has 35 heavy (non-hydrogen) atoms. The molecule has 0 bridgehead atoms. The fraction of sp³-hybridized carbons (Fsp3) is 0.304. The molecule has 1 atom stereocenters. The number of hydrogen-bond acceptors (Lipinski definition) is 8. The van der Waals surface area contributed by atoms with Gasteiger partial charge >= 0.3 is 0 Å². The number of pyridine rings is 1. The lowest BCUT2D eigenvalue weighted by Crippen LogP contribution is -2.44. The standard InChI is InChI=1S/C23H21ClF2N8S/c24-17-15(1-4-29-19(17)28)35-16-10-30-20-21(31-16)33-22(32-20)34-5-2-23(3-6-34)9-11-7-13(25)14(26)8-12(11)18(23)27/h1,4,7-8,10,18H,2-3,5-6,9,27H2,(H2,28,29)(H,30,31,32,33)/t18-/m1/s1. The molecule has 8 nitrogen and oxygen atoms in total. The van der Waals surface area contributed by atoms with Crippen molar-refractivity contribution in [2.24, 2.45) is 11.1 Å². The number of H-pyrrole nitrogens is 1. The molecule has 0 amide bonds. The normalized spacial score (nSPS) is 19.0. The van der Waals surface area contributed by atoms with Gasteiger partial charge in [0.2, 0.25) is 5.95 Å². The first kappa shape index (κ1) is 22.4. The molecule has 4 heterocycles. The maximum Gasteiger partial charge on any atom is 0.206 e. The number of benzene rings is 1. The Labute approximate surface area is 208 Å². The number of piperidine rings is 1.